The molecule has 0 aromatic heterocycles. The summed E-state index contributed by atoms with van der Waals surface area (Å²) >= 11 is 0. The van der Waals surface area contributed by atoms with Gasteiger partial charge in [0, 0.05) is 11.1 Å². The maximum Gasteiger partial charge on any atom is 0.261 e. The fraction of sp³-hybridized carbons (Fsp3) is 0.0870. The number of nitrogens with one attached hydrogen (secondary N) is 2. The number of hydrogen-bond acceptors (Lipinski definition) is 4. The molecule has 4 N–H and O–H groups in total. The molecule has 3 aromatic rings. The van der Waals surface area contributed by atoms with E-state index in [0.717, 1.165) is 5.56 Å². The van der Waals surface area contributed by atoms with Gasteiger partial charge in [0.2, 0.25) is 5.91 Å². The van der Waals surface area contributed by atoms with Gasteiger partial charge in [-0.25, -0.2) is 0 Å². The first-order valence-electron chi connectivity index (χ1n) is 9.13. The number of nitrogens with two attached hydrogens (primary N) is 1. The van der Waals surface area contributed by atoms with Crippen molar-refractivity contribution in [1.82, 2.24) is 5.32 Å². The van der Waals surface area contributed by atoms with Gasteiger partial charge in [-0.2, -0.15) is 0 Å². The molecule has 0 saturated carbocycles. The smallest absolute Gasteiger partial charge is 0.261 e. The molecule has 1 unspecified atom stereocenters. The Morgan fingerprint density at radius 2 is 1.38 bits per heavy atom. The number of benzene rings is 3. The monoisotopic (exact) mass is 387 g/mol. The fourth-order valence-corrected chi connectivity index (χ4v) is 2.82. The Morgan fingerprint density at radius 3 is 2.07 bits per heavy atom. The van der Waals surface area contributed by atoms with Crippen LogP contribution in [0.3, 0.4) is 0 Å². The Bertz CT molecular complexity index is 1000. The Kier molecular flexibility index (Phi) is 6.50. The van der Waals surface area contributed by atoms with E-state index in [-0.39, 0.29) is 18.1 Å². The molecular weight excluding hydrogens is 366 g/mol. The van der Waals surface area contributed by atoms with Crippen LogP contribution in [-0.2, 0) is 16.0 Å². The van der Waals surface area contributed by atoms with E-state index in [2.05, 4.69) is 10.6 Å². The molecule has 6 nitrogen and oxygen atoms in total. The predicted octanol–water partition coefficient (Wildman–Crippen LogP) is 2.50. The Hall–Kier alpha value is -3.77. The summed E-state index contributed by atoms with van der Waals surface area (Å²) in [6.07, 6.45) is -1.13. The van der Waals surface area contributed by atoms with E-state index < -0.39 is 12.1 Å². The standard InChI is InChI=1S/C23H21N3O3/c24-22(26-20(27)15-16-9-3-1-4-10-16)23(29)25-19-14-8-7-13-18(19)21(28)17-11-5-2-6-12-17/h1-14,22H,15,24H2,(H,25,29)(H,26,27). The van der Waals surface area contributed by atoms with E-state index in [1.165, 1.54) is 0 Å². The number of anilines is 1. The third-order valence-electron chi connectivity index (χ3n) is 4.27. The zero-order valence-corrected chi connectivity index (χ0v) is 15.7. The van der Waals surface area contributed by atoms with Crippen molar-refractivity contribution >= 4 is 23.3 Å². The van der Waals surface area contributed by atoms with Gasteiger partial charge in [0.1, 0.15) is 0 Å². The van der Waals surface area contributed by atoms with Crippen LogP contribution in [0.15, 0.2) is 84.9 Å². The zero-order valence-electron chi connectivity index (χ0n) is 15.7. The molecule has 29 heavy (non-hydrogen) atoms. The van der Waals surface area contributed by atoms with Gasteiger partial charge in [0.25, 0.3) is 5.91 Å². The molecule has 1 atom stereocenters. The van der Waals surface area contributed by atoms with Gasteiger partial charge in [0.15, 0.2) is 11.9 Å². The van der Waals surface area contributed by atoms with Crippen LogP contribution in [0, 0.1) is 0 Å². The van der Waals surface area contributed by atoms with E-state index in [0.29, 0.717) is 16.8 Å². The molecule has 0 radical (unpaired) electrons. The second kappa shape index (κ2) is 9.43. The highest BCUT2D eigenvalue weighted by Gasteiger charge is 2.19. The summed E-state index contributed by atoms with van der Waals surface area (Å²) in [5, 5.41) is 5.10. The lowest BCUT2D eigenvalue weighted by molar-refractivity contribution is -0.126. The highest BCUT2D eigenvalue weighted by molar-refractivity contribution is 6.14. The molecule has 0 aliphatic rings. The topological polar surface area (TPSA) is 101 Å². The van der Waals surface area contributed by atoms with Crippen LogP contribution in [0.25, 0.3) is 0 Å². The van der Waals surface area contributed by atoms with E-state index in [9.17, 15) is 14.4 Å². The van der Waals surface area contributed by atoms with Crippen molar-refractivity contribution in [2.24, 2.45) is 5.73 Å². The number of hydrogen-bond donors (Lipinski definition) is 3. The summed E-state index contributed by atoms with van der Waals surface area (Å²) in [5.74, 6) is -1.20. The van der Waals surface area contributed by atoms with Gasteiger partial charge < -0.3 is 16.4 Å². The molecule has 0 spiro atoms. The van der Waals surface area contributed by atoms with E-state index in [1.807, 2.05) is 36.4 Å². The Labute approximate surface area is 168 Å². The van der Waals surface area contributed by atoms with Crippen LogP contribution in [-0.4, -0.2) is 23.8 Å². The molecule has 0 bridgehead atoms. The lowest BCUT2D eigenvalue weighted by Crippen LogP contribution is -2.50. The second-order valence-corrected chi connectivity index (χ2v) is 6.44. The average molecular weight is 387 g/mol. The number of amides is 2. The fourth-order valence-electron chi connectivity index (χ4n) is 2.82. The van der Waals surface area contributed by atoms with Gasteiger partial charge in [-0.1, -0.05) is 72.8 Å². The summed E-state index contributed by atoms with van der Waals surface area (Å²) in [6.45, 7) is 0. The van der Waals surface area contributed by atoms with Crippen LogP contribution >= 0.6 is 0 Å². The number of ketones is 1. The molecule has 3 aromatic carbocycles. The summed E-state index contributed by atoms with van der Waals surface area (Å²) in [6, 6.07) is 24.6. The largest absolute Gasteiger partial charge is 0.332 e. The van der Waals surface area contributed by atoms with Crippen molar-refractivity contribution in [3.05, 3.63) is 102 Å². The van der Waals surface area contributed by atoms with Gasteiger partial charge in [0.05, 0.1) is 12.1 Å². The maximum atomic E-state index is 12.7. The van der Waals surface area contributed by atoms with E-state index >= 15 is 0 Å². The summed E-state index contributed by atoms with van der Waals surface area (Å²) in [5.41, 5.74) is 7.83. The molecule has 6 heteroatoms. The first kappa shape index (κ1) is 20.0. The van der Waals surface area contributed by atoms with Crippen molar-refractivity contribution in [2.45, 2.75) is 12.6 Å². The highest BCUT2D eigenvalue weighted by Crippen LogP contribution is 2.19. The zero-order chi connectivity index (χ0) is 20.6. The van der Waals surface area contributed by atoms with Gasteiger partial charge in [-0.15, -0.1) is 0 Å². The average Bonchev–Trinajstić information content (AvgIpc) is 2.75. The van der Waals surface area contributed by atoms with Crippen LogP contribution in [0.4, 0.5) is 5.69 Å². The van der Waals surface area contributed by atoms with Crippen LogP contribution in [0.5, 0.6) is 0 Å². The number of rotatable bonds is 7. The summed E-state index contributed by atoms with van der Waals surface area (Å²) in [4.78, 5) is 37.3. The molecule has 0 saturated heterocycles. The summed E-state index contributed by atoms with van der Waals surface area (Å²) < 4.78 is 0. The second-order valence-electron chi connectivity index (χ2n) is 6.44. The minimum atomic E-state index is -1.24. The SMILES string of the molecule is NC(NC(=O)Cc1ccccc1)C(=O)Nc1ccccc1C(=O)c1ccccc1. The van der Waals surface area contributed by atoms with Crippen LogP contribution in [0.1, 0.15) is 21.5 Å². The molecule has 0 heterocycles. The van der Waals surface area contributed by atoms with Crippen molar-refractivity contribution in [3.8, 4) is 0 Å². The minimum absolute atomic E-state index is 0.116. The van der Waals surface area contributed by atoms with Crippen molar-refractivity contribution in [2.75, 3.05) is 5.32 Å². The van der Waals surface area contributed by atoms with Crippen LogP contribution in [0.2, 0.25) is 0 Å². The number of carbonyl (C=O) groups is 3. The van der Waals surface area contributed by atoms with Crippen molar-refractivity contribution < 1.29 is 14.4 Å². The van der Waals surface area contributed by atoms with E-state index in [4.69, 9.17) is 5.73 Å². The summed E-state index contributed by atoms with van der Waals surface area (Å²) in [7, 11) is 0. The third-order valence-corrected chi connectivity index (χ3v) is 4.27. The lowest BCUT2D eigenvalue weighted by atomic mass is 10.0. The van der Waals surface area contributed by atoms with Gasteiger partial charge in [-0.3, -0.25) is 14.4 Å². The molecule has 3 rings (SSSR count). The predicted molar refractivity (Wildman–Crippen MR) is 111 cm³/mol. The van der Waals surface area contributed by atoms with Crippen LogP contribution < -0.4 is 16.4 Å². The third kappa shape index (κ3) is 5.37. The molecular formula is C23H21N3O3. The molecule has 0 aliphatic heterocycles. The molecule has 0 aliphatic carbocycles. The van der Waals surface area contributed by atoms with Crippen molar-refractivity contribution in [3.63, 3.8) is 0 Å². The normalized spacial score (nSPS) is 11.3. The maximum absolute atomic E-state index is 12.7. The van der Waals surface area contributed by atoms with Gasteiger partial charge in [-0.05, 0) is 17.7 Å². The number of para-hydroxylation sites is 1. The highest BCUT2D eigenvalue weighted by atomic mass is 16.2. The Morgan fingerprint density at radius 1 is 0.793 bits per heavy atom. The quantitative estimate of drug-likeness (QED) is 0.428. The van der Waals surface area contributed by atoms with Crippen molar-refractivity contribution in [1.29, 1.82) is 0 Å². The molecule has 2 amide bonds. The van der Waals surface area contributed by atoms with Gasteiger partial charge >= 0.3 is 0 Å². The lowest BCUT2D eigenvalue weighted by Gasteiger charge is -2.16. The Balaban J connectivity index is 1.66. The minimum Gasteiger partial charge on any atom is -0.332 e. The number of carbonyl (C=O) groups excluding carboxylic acids is 3. The first-order valence-corrected chi connectivity index (χ1v) is 9.13. The molecule has 146 valence electrons. The van der Waals surface area contributed by atoms with E-state index in [1.54, 1.807) is 48.5 Å². The first-order chi connectivity index (χ1) is 14.0. The molecule has 0 fully saturated rings.